The van der Waals surface area contributed by atoms with Gasteiger partial charge in [-0.1, -0.05) is 61.2 Å². The van der Waals surface area contributed by atoms with Crippen molar-refractivity contribution in [1.82, 2.24) is 20.1 Å². The highest BCUT2D eigenvalue weighted by Crippen LogP contribution is 2.28. The van der Waals surface area contributed by atoms with Crippen LogP contribution in [0.4, 0.5) is 23.7 Å². The zero-order valence-electron chi connectivity index (χ0n) is 24.4. The van der Waals surface area contributed by atoms with E-state index in [1.165, 1.54) is 35.3 Å². The van der Waals surface area contributed by atoms with Gasteiger partial charge in [0.2, 0.25) is 0 Å². The van der Waals surface area contributed by atoms with E-state index in [9.17, 15) is 18.0 Å². The topological polar surface area (TPSA) is 84.6 Å². The number of nitrogens with one attached hydrogen (secondary N) is 1. The number of aryl methyl sites for hydroxylation is 1. The summed E-state index contributed by atoms with van der Waals surface area (Å²) in [6.45, 7) is 5.60. The SMILES string of the molecule is Cc1ccccc1N1CCCSC1=NC(=O)NCCC(C)Cc1ccc(-c2ncn(-c3ccc(OC(F)(F)F)cc3)n2)cc1. The predicted molar refractivity (Wildman–Crippen MR) is 167 cm³/mol. The van der Waals surface area contributed by atoms with Gasteiger partial charge in [-0.2, -0.15) is 4.99 Å². The third-order valence-corrected chi connectivity index (χ3v) is 8.19. The number of benzene rings is 3. The molecule has 0 aliphatic carbocycles. The van der Waals surface area contributed by atoms with E-state index in [2.05, 4.69) is 56.0 Å². The lowest BCUT2D eigenvalue weighted by Gasteiger charge is -2.30. The highest BCUT2D eigenvalue weighted by molar-refractivity contribution is 8.14. The van der Waals surface area contributed by atoms with Crippen LogP contribution in [0.2, 0.25) is 0 Å². The van der Waals surface area contributed by atoms with Crippen molar-refractivity contribution >= 4 is 28.6 Å². The maximum atomic E-state index is 12.6. The average molecular weight is 623 g/mol. The third kappa shape index (κ3) is 8.40. The summed E-state index contributed by atoms with van der Waals surface area (Å²) < 4.78 is 42.6. The number of nitrogens with zero attached hydrogens (tertiary/aromatic N) is 5. The van der Waals surface area contributed by atoms with Crippen molar-refractivity contribution < 1.29 is 22.7 Å². The fraction of sp³-hybridized carbons (Fsp3) is 0.312. The number of carbonyl (C=O) groups excluding carboxylic acids is 1. The predicted octanol–water partition coefficient (Wildman–Crippen LogP) is 7.42. The number of hydrogen-bond acceptors (Lipinski definition) is 5. The lowest BCUT2D eigenvalue weighted by molar-refractivity contribution is -0.274. The summed E-state index contributed by atoms with van der Waals surface area (Å²) in [5.41, 5.74) is 4.78. The van der Waals surface area contributed by atoms with Crippen LogP contribution in [0, 0.1) is 12.8 Å². The highest BCUT2D eigenvalue weighted by Gasteiger charge is 2.31. The molecule has 1 aliphatic heterocycles. The zero-order valence-corrected chi connectivity index (χ0v) is 25.2. The molecule has 2 amide bonds. The van der Waals surface area contributed by atoms with Gasteiger partial charge in [0.25, 0.3) is 0 Å². The van der Waals surface area contributed by atoms with Crippen molar-refractivity contribution in [1.29, 1.82) is 0 Å². The lowest BCUT2D eigenvalue weighted by Crippen LogP contribution is -2.36. The van der Waals surface area contributed by atoms with Gasteiger partial charge in [-0.25, -0.2) is 14.5 Å². The summed E-state index contributed by atoms with van der Waals surface area (Å²) >= 11 is 1.61. The van der Waals surface area contributed by atoms with E-state index in [1.807, 2.05) is 36.4 Å². The van der Waals surface area contributed by atoms with Crippen LogP contribution in [0.25, 0.3) is 17.1 Å². The van der Waals surface area contributed by atoms with Gasteiger partial charge in [-0.15, -0.1) is 18.3 Å². The molecule has 1 N–H and O–H groups in total. The van der Waals surface area contributed by atoms with Gasteiger partial charge < -0.3 is 15.0 Å². The second-order valence-electron chi connectivity index (χ2n) is 10.6. The number of halogens is 3. The Morgan fingerprint density at radius 2 is 1.84 bits per heavy atom. The van der Waals surface area contributed by atoms with Crippen LogP contribution in [-0.2, 0) is 6.42 Å². The Labute approximate surface area is 258 Å². The van der Waals surface area contributed by atoms with Crippen LogP contribution < -0.4 is 15.0 Å². The molecule has 44 heavy (non-hydrogen) atoms. The number of urea groups is 1. The fourth-order valence-electron chi connectivity index (χ4n) is 4.91. The maximum absolute atomic E-state index is 12.6. The van der Waals surface area contributed by atoms with Gasteiger partial charge in [0.15, 0.2) is 11.0 Å². The van der Waals surface area contributed by atoms with E-state index < -0.39 is 6.36 Å². The molecule has 4 aromatic rings. The van der Waals surface area contributed by atoms with Gasteiger partial charge in [0, 0.05) is 30.1 Å². The van der Waals surface area contributed by atoms with Crippen LogP contribution >= 0.6 is 11.8 Å². The molecule has 8 nitrogen and oxygen atoms in total. The number of para-hydroxylation sites is 1. The molecule has 12 heteroatoms. The Kier molecular flexibility index (Phi) is 9.89. The van der Waals surface area contributed by atoms with Crippen molar-refractivity contribution in [3.63, 3.8) is 0 Å². The third-order valence-electron chi connectivity index (χ3n) is 7.13. The molecule has 2 heterocycles. The number of amidine groups is 1. The molecule has 0 radical (unpaired) electrons. The van der Waals surface area contributed by atoms with Crippen molar-refractivity contribution in [2.75, 3.05) is 23.7 Å². The second-order valence-corrected chi connectivity index (χ2v) is 11.7. The second kappa shape index (κ2) is 14.0. The quantitative estimate of drug-likeness (QED) is 0.209. The summed E-state index contributed by atoms with van der Waals surface area (Å²) in [6, 6.07) is 21.2. The van der Waals surface area contributed by atoms with Crippen LogP contribution in [0.3, 0.4) is 0 Å². The summed E-state index contributed by atoms with van der Waals surface area (Å²) in [5, 5.41) is 8.15. The molecule has 1 saturated heterocycles. The molecule has 0 spiro atoms. The number of rotatable bonds is 9. The smallest absolute Gasteiger partial charge is 0.406 e. The molecule has 1 unspecified atom stereocenters. The van der Waals surface area contributed by atoms with E-state index in [-0.39, 0.29) is 11.8 Å². The monoisotopic (exact) mass is 622 g/mol. The first-order valence-corrected chi connectivity index (χ1v) is 15.3. The van der Waals surface area contributed by atoms with Crippen molar-refractivity contribution in [2.24, 2.45) is 10.9 Å². The van der Waals surface area contributed by atoms with Crippen LogP contribution in [0.15, 0.2) is 84.1 Å². The molecular formula is C32H33F3N6O2S. The number of hydrogen-bond donors (Lipinski definition) is 1. The molecule has 1 aliphatic rings. The number of aliphatic imine (C=N–C) groups is 1. The summed E-state index contributed by atoms with van der Waals surface area (Å²) in [6.07, 6.45) is -0.533. The van der Waals surface area contributed by atoms with Gasteiger partial charge in [0.05, 0.1) is 5.69 Å². The average Bonchev–Trinajstić information content (AvgIpc) is 3.48. The first-order valence-electron chi connectivity index (χ1n) is 14.3. The Bertz CT molecular complexity index is 1590. The van der Waals surface area contributed by atoms with Gasteiger partial charge in [0.1, 0.15) is 12.1 Å². The fourth-order valence-corrected chi connectivity index (χ4v) is 5.86. The molecule has 230 valence electrons. The molecule has 0 saturated carbocycles. The van der Waals surface area contributed by atoms with Crippen LogP contribution in [0.1, 0.15) is 30.9 Å². The van der Waals surface area contributed by atoms with Crippen LogP contribution in [0.5, 0.6) is 5.75 Å². The maximum Gasteiger partial charge on any atom is 0.573 e. The number of ether oxygens (including phenoxy) is 1. The van der Waals surface area contributed by atoms with Crippen molar-refractivity contribution in [2.45, 2.75) is 39.5 Å². The molecule has 1 atom stereocenters. The van der Waals surface area contributed by atoms with E-state index in [1.54, 1.807) is 11.8 Å². The van der Waals surface area contributed by atoms with Crippen molar-refractivity contribution in [3.05, 3.63) is 90.3 Å². The molecule has 5 rings (SSSR count). The summed E-state index contributed by atoms with van der Waals surface area (Å²) in [4.78, 5) is 23.5. The Morgan fingerprint density at radius 1 is 1.09 bits per heavy atom. The minimum atomic E-state index is -4.74. The number of thioether (sulfide) groups is 1. The zero-order chi connectivity index (χ0) is 31.1. The van der Waals surface area contributed by atoms with E-state index >= 15 is 0 Å². The molecule has 1 aromatic heterocycles. The summed E-state index contributed by atoms with van der Waals surface area (Å²) in [7, 11) is 0. The van der Waals surface area contributed by atoms with E-state index in [0.717, 1.165) is 59.1 Å². The Morgan fingerprint density at radius 3 is 2.57 bits per heavy atom. The number of amides is 2. The largest absolute Gasteiger partial charge is 0.573 e. The standard InChI is InChI=1S/C32H33F3N6O2S/c1-22(16-17-36-30(42)38-31-40(18-5-19-44-31)28-7-4-3-6-23(28)2)20-24-8-10-25(11-9-24)29-37-21-41(39-29)26-12-14-27(15-13-26)43-32(33,34)35/h3-4,6-15,21-22H,5,16-20H2,1-2H3,(H,36,42). The number of carbonyl (C=O) groups is 1. The minimum absolute atomic E-state index is 0.299. The van der Waals surface area contributed by atoms with Crippen molar-refractivity contribution in [3.8, 4) is 22.8 Å². The molecular weight excluding hydrogens is 589 g/mol. The number of aromatic nitrogens is 3. The highest BCUT2D eigenvalue weighted by atomic mass is 32.2. The summed E-state index contributed by atoms with van der Waals surface area (Å²) in [5.74, 6) is 1.48. The number of alkyl halides is 3. The molecule has 3 aromatic carbocycles. The van der Waals surface area contributed by atoms with Gasteiger partial charge in [-0.3, -0.25) is 0 Å². The Hall–Kier alpha value is -4.32. The van der Waals surface area contributed by atoms with E-state index in [4.69, 9.17) is 0 Å². The first-order chi connectivity index (χ1) is 21.1. The minimum Gasteiger partial charge on any atom is -0.406 e. The van der Waals surface area contributed by atoms with Crippen LogP contribution in [-0.4, -0.2) is 51.2 Å². The Balaban J connectivity index is 1.10. The normalized spacial score (nSPS) is 15.3. The van der Waals surface area contributed by atoms with Gasteiger partial charge in [-0.05, 0) is 73.6 Å². The number of anilines is 1. The first kappa shape index (κ1) is 31.1. The van der Waals surface area contributed by atoms with Gasteiger partial charge >= 0.3 is 12.4 Å². The molecule has 1 fully saturated rings. The molecule has 0 bridgehead atoms. The van der Waals surface area contributed by atoms with E-state index in [0.29, 0.717) is 24.0 Å². The lowest BCUT2D eigenvalue weighted by atomic mass is 9.97.